The summed E-state index contributed by atoms with van der Waals surface area (Å²) in [5, 5.41) is 8.80. The first-order valence-corrected chi connectivity index (χ1v) is 9.28. The summed E-state index contributed by atoms with van der Waals surface area (Å²) >= 11 is 0. The van der Waals surface area contributed by atoms with Crippen molar-refractivity contribution in [2.45, 2.75) is 31.6 Å². The van der Waals surface area contributed by atoms with Crippen molar-refractivity contribution in [2.75, 3.05) is 19.3 Å². The van der Waals surface area contributed by atoms with Gasteiger partial charge in [-0.05, 0) is 17.5 Å². The molecule has 0 aliphatic rings. The monoisotopic (exact) mass is 341 g/mol. The molecule has 6 nitrogen and oxygen atoms in total. The number of carbonyl (C=O) groups is 2. The van der Waals surface area contributed by atoms with E-state index in [2.05, 4.69) is 0 Å². The molecule has 1 aromatic rings. The van der Waals surface area contributed by atoms with Crippen LogP contribution in [0.1, 0.15) is 25.8 Å². The van der Waals surface area contributed by atoms with Crippen LogP contribution in [-0.4, -0.2) is 49.6 Å². The Morgan fingerprint density at radius 1 is 1.22 bits per heavy atom. The van der Waals surface area contributed by atoms with Gasteiger partial charge in [0.1, 0.15) is 0 Å². The highest BCUT2D eigenvalue weighted by Crippen LogP contribution is 2.17. The van der Waals surface area contributed by atoms with Gasteiger partial charge >= 0.3 is 5.97 Å². The highest BCUT2D eigenvalue weighted by Gasteiger charge is 2.20. The Bertz CT molecular complexity index is 667. The molecule has 1 rings (SSSR count). The predicted molar refractivity (Wildman–Crippen MR) is 86.9 cm³/mol. The number of hydrogen-bond donors (Lipinski definition) is 1. The maximum Gasteiger partial charge on any atom is 0.305 e. The molecule has 0 aliphatic heterocycles. The van der Waals surface area contributed by atoms with Crippen LogP contribution in [0.15, 0.2) is 29.2 Å². The normalized spacial score (nSPS) is 11.5. The van der Waals surface area contributed by atoms with Gasteiger partial charge in [-0.1, -0.05) is 32.0 Å². The second kappa shape index (κ2) is 8.10. The molecule has 0 aliphatic carbocycles. The number of carboxylic acids is 1. The molecule has 7 heteroatoms. The Kier molecular flexibility index (Phi) is 6.75. The third-order valence-corrected chi connectivity index (χ3v) is 4.44. The zero-order valence-electron chi connectivity index (χ0n) is 13.7. The van der Waals surface area contributed by atoms with Crippen molar-refractivity contribution in [3.8, 4) is 0 Å². The van der Waals surface area contributed by atoms with Crippen LogP contribution in [0.3, 0.4) is 0 Å². The first kappa shape index (κ1) is 19.2. The summed E-state index contributed by atoms with van der Waals surface area (Å²) in [6.45, 7) is 4.43. The van der Waals surface area contributed by atoms with Crippen LogP contribution in [0.4, 0.5) is 0 Å². The Labute approximate surface area is 137 Å². The van der Waals surface area contributed by atoms with E-state index in [-0.39, 0.29) is 36.1 Å². The molecule has 0 atom stereocenters. The molecule has 0 radical (unpaired) electrons. The van der Waals surface area contributed by atoms with Crippen LogP contribution < -0.4 is 0 Å². The fraction of sp³-hybridized carbons (Fsp3) is 0.500. The second-order valence-electron chi connectivity index (χ2n) is 5.93. The Morgan fingerprint density at radius 3 is 2.35 bits per heavy atom. The summed E-state index contributed by atoms with van der Waals surface area (Å²) in [5.41, 5.74) is 0.434. The zero-order valence-corrected chi connectivity index (χ0v) is 14.5. The van der Waals surface area contributed by atoms with Gasteiger partial charge in [0.2, 0.25) is 5.91 Å². The van der Waals surface area contributed by atoms with Crippen LogP contribution in [0, 0.1) is 5.92 Å². The van der Waals surface area contributed by atoms with E-state index in [1.807, 2.05) is 13.8 Å². The minimum Gasteiger partial charge on any atom is -0.481 e. The summed E-state index contributed by atoms with van der Waals surface area (Å²) in [4.78, 5) is 24.8. The van der Waals surface area contributed by atoms with Gasteiger partial charge in [-0.3, -0.25) is 9.59 Å². The minimum atomic E-state index is -3.42. The van der Waals surface area contributed by atoms with E-state index in [1.165, 1.54) is 11.0 Å². The average Bonchev–Trinajstić information content (AvgIpc) is 2.42. The van der Waals surface area contributed by atoms with Crippen LogP contribution in [-0.2, 0) is 25.8 Å². The molecule has 23 heavy (non-hydrogen) atoms. The van der Waals surface area contributed by atoms with E-state index >= 15 is 0 Å². The predicted octanol–water partition coefficient (Wildman–Crippen LogP) is 1.59. The molecule has 0 aromatic heterocycles. The minimum absolute atomic E-state index is 0.0599. The van der Waals surface area contributed by atoms with E-state index < -0.39 is 15.8 Å². The molecule has 0 fully saturated rings. The highest BCUT2D eigenvalue weighted by molar-refractivity contribution is 7.90. The number of sulfone groups is 1. The Balaban J connectivity index is 2.96. The molecule has 0 saturated heterocycles. The first-order valence-electron chi connectivity index (χ1n) is 7.38. The third kappa shape index (κ3) is 6.40. The number of hydrogen-bond acceptors (Lipinski definition) is 4. The molecule has 0 saturated carbocycles. The van der Waals surface area contributed by atoms with Gasteiger partial charge in [0.05, 0.1) is 17.7 Å². The fourth-order valence-electron chi connectivity index (χ4n) is 2.28. The number of carbonyl (C=O) groups excluding carboxylic acids is 1. The largest absolute Gasteiger partial charge is 0.481 e. The van der Waals surface area contributed by atoms with Gasteiger partial charge in [-0.2, -0.15) is 0 Å². The topological polar surface area (TPSA) is 91.8 Å². The molecular weight excluding hydrogens is 318 g/mol. The van der Waals surface area contributed by atoms with Gasteiger partial charge in [-0.15, -0.1) is 0 Å². The summed E-state index contributed by atoms with van der Waals surface area (Å²) in [5.74, 6) is -1.04. The molecule has 0 unspecified atom stereocenters. The first-order chi connectivity index (χ1) is 10.6. The van der Waals surface area contributed by atoms with Crippen LogP contribution in [0.5, 0.6) is 0 Å². The van der Waals surface area contributed by atoms with Gasteiger partial charge in [-0.25, -0.2) is 8.42 Å². The number of benzene rings is 1. The zero-order chi connectivity index (χ0) is 17.6. The Hall–Kier alpha value is -1.89. The van der Waals surface area contributed by atoms with Crippen molar-refractivity contribution in [3.05, 3.63) is 29.8 Å². The molecule has 1 aromatic carbocycles. The van der Waals surface area contributed by atoms with E-state index in [4.69, 9.17) is 5.11 Å². The van der Waals surface area contributed by atoms with Crippen LogP contribution in [0.2, 0.25) is 0 Å². The number of aliphatic carboxylic acids is 1. The second-order valence-corrected chi connectivity index (χ2v) is 7.92. The average molecular weight is 341 g/mol. The lowest BCUT2D eigenvalue weighted by Gasteiger charge is -2.24. The fourth-order valence-corrected chi connectivity index (χ4v) is 3.22. The molecule has 1 amide bonds. The van der Waals surface area contributed by atoms with Crippen molar-refractivity contribution in [2.24, 2.45) is 5.92 Å². The smallest absolute Gasteiger partial charge is 0.305 e. The summed E-state index contributed by atoms with van der Waals surface area (Å²) in [6, 6.07) is 6.38. The Morgan fingerprint density at radius 2 is 1.83 bits per heavy atom. The molecule has 0 heterocycles. The molecule has 0 spiro atoms. The lowest BCUT2D eigenvalue weighted by molar-refractivity contribution is -0.138. The van der Waals surface area contributed by atoms with Gasteiger partial charge in [0, 0.05) is 19.3 Å². The molecule has 1 N–H and O–H groups in total. The van der Waals surface area contributed by atoms with Gasteiger partial charge in [0.15, 0.2) is 9.84 Å². The number of amides is 1. The van der Waals surface area contributed by atoms with E-state index in [9.17, 15) is 18.0 Å². The number of rotatable bonds is 8. The third-order valence-electron chi connectivity index (χ3n) is 3.25. The van der Waals surface area contributed by atoms with Crippen LogP contribution in [0.25, 0.3) is 0 Å². The van der Waals surface area contributed by atoms with Gasteiger partial charge in [0.25, 0.3) is 0 Å². The van der Waals surface area contributed by atoms with E-state index in [0.29, 0.717) is 12.1 Å². The summed E-state index contributed by atoms with van der Waals surface area (Å²) in [7, 11) is -3.42. The molecule has 128 valence electrons. The van der Waals surface area contributed by atoms with Crippen molar-refractivity contribution in [1.82, 2.24) is 4.90 Å². The summed E-state index contributed by atoms with van der Waals surface area (Å²) in [6.07, 6.45) is 0.911. The SMILES string of the molecule is CC(C)CN(CCC(=O)O)C(=O)Cc1ccccc1S(C)(=O)=O. The van der Waals surface area contributed by atoms with E-state index in [0.717, 1.165) is 6.26 Å². The van der Waals surface area contributed by atoms with Gasteiger partial charge < -0.3 is 10.0 Å². The maximum atomic E-state index is 12.5. The maximum absolute atomic E-state index is 12.5. The lowest BCUT2D eigenvalue weighted by Crippen LogP contribution is -2.37. The standard InChI is InChI=1S/C16H23NO5S/c1-12(2)11-17(9-8-16(19)20)15(18)10-13-6-4-5-7-14(13)23(3,21)22/h4-7,12H,8-11H2,1-3H3,(H,19,20). The van der Waals surface area contributed by atoms with Crippen molar-refractivity contribution in [1.29, 1.82) is 0 Å². The van der Waals surface area contributed by atoms with Crippen molar-refractivity contribution in [3.63, 3.8) is 0 Å². The van der Waals surface area contributed by atoms with E-state index in [1.54, 1.807) is 18.2 Å². The molecular formula is C16H23NO5S. The lowest BCUT2D eigenvalue weighted by atomic mass is 10.1. The number of nitrogens with zero attached hydrogens (tertiary/aromatic N) is 1. The highest BCUT2D eigenvalue weighted by atomic mass is 32.2. The number of carboxylic acid groups (broad SMARTS) is 1. The van der Waals surface area contributed by atoms with Crippen LogP contribution >= 0.6 is 0 Å². The van der Waals surface area contributed by atoms with Crippen molar-refractivity contribution < 1.29 is 23.1 Å². The molecule has 0 bridgehead atoms. The van der Waals surface area contributed by atoms with Crippen molar-refractivity contribution >= 4 is 21.7 Å². The summed E-state index contributed by atoms with van der Waals surface area (Å²) < 4.78 is 23.6. The quantitative estimate of drug-likeness (QED) is 0.775.